The van der Waals surface area contributed by atoms with Crippen molar-refractivity contribution in [3.63, 3.8) is 0 Å². The molecular weight excluding hydrogens is 394 g/mol. The third-order valence-electron chi connectivity index (χ3n) is 4.54. The molecule has 0 aliphatic heterocycles. The smallest absolute Gasteiger partial charge is 0.251 e. The van der Waals surface area contributed by atoms with Gasteiger partial charge in [-0.05, 0) is 35.9 Å². The summed E-state index contributed by atoms with van der Waals surface area (Å²) in [5.41, 5.74) is 2.31. The highest BCUT2D eigenvalue weighted by atomic mass is 16.5. The highest BCUT2D eigenvalue weighted by molar-refractivity contribution is 5.94. The molecule has 0 aliphatic carbocycles. The summed E-state index contributed by atoms with van der Waals surface area (Å²) in [5.74, 6) is 1.80. The molecule has 0 atom stereocenters. The Labute approximate surface area is 179 Å². The highest BCUT2D eigenvalue weighted by Crippen LogP contribution is 2.21. The van der Waals surface area contributed by atoms with Crippen LogP contribution in [0.15, 0.2) is 83.4 Å². The lowest BCUT2D eigenvalue weighted by atomic mass is 10.2. The minimum absolute atomic E-state index is 0.116. The van der Waals surface area contributed by atoms with E-state index < -0.39 is 0 Å². The summed E-state index contributed by atoms with van der Waals surface area (Å²) in [6, 6.07) is 24.2. The maximum atomic E-state index is 12.5. The molecule has 0 spiro atoms. The van der Waals surface area contributed by atoms with Gasteiger partial charge in [-0.1, -0.05) is 53.7 Å². The van der Waals surface area contributed by atoms with Crippen molar-refractivity contribution in [2.45, 2.75) is 13.2 Å². The number of hydrogen-bond donors (Lipinski definition) is 1. The maximum absolute atomic E-state index is 12.5. The van der Waals surface area contributed by atoms with E-state index in [9.17, 15) is 4.79 Å². The van der Waals surface area contributed by atoms with Crippen LogP contribution in [0.1, 0.15) is 21.8 Å². The Morgan fingerprint density at radius 2 is 1.77 bits per heavy atom. The Morgan fingerprint density at radius 3 is 2.61 bits per heavy atom. The predicted molar refractivity (Wildman–Crippen MR) is 115 cm³/mol. The topological polar surface area (TPSA) is 86.5 Å². The highest BCUT2D eigenvalue weighted by Gasteiger charge is 2.12. The zero-order valence-corrected chi connectivity index (χ0v) is 16.9. The standard InChI is InChI=1S/C24H21N3O4/c1-29-20-11-5-9-18(13-20)23-26-22(31-27-23)15-25-24(28)19-10-6-12-21(14-19)30-16-17-7-3-2-4-8-17/h2-14H,15-16H2,1H3,(H,25,28). The zero-order valence-electron chi connectivity index (χ0n) is 16.9. The second-order valence-corrected chi connectivity index (χ2v) is 6.73. The number of benzene rings is 3. The van der Waals surface area contributed by atoms with Crippen LogP contribution in [0.25, 0.3) is 11.4 Å². The SMILES string of the molecule is COc1cccc(-c2noc(CNC(=O)c3cccc(OCc4ccccc4)c3)n2)c1. The molecule has 1 amide bonds. The first-order valence-corrected chi connectivity index (χ1v) is 9.73. The number of aromatic nitrogens is 2. The van der Waals surface area contributed by atoms with Gasteiger partial charge in [0.2, 0.25) is 11.7 Å². The van der Waals surface area contributed by atoms with Gasteiger partial charge in [-0.3, -0.25) is 4.79 Å². The summed E-state index contributed by atoms with van der Waals surface area (Å²) in [6.45, 7) is 0.547. The van der Waals surface area contributed by atoms with E-state index in [1.807, 2.05) is 60.7 Å². The van der Waals surface area contributed by atoms with Crippen LogP contribution in [-0.2, 0) is 13.2 Å². The fourth-order valence-corrected chi connectivity index (χ4v) is 2.93. The van der Waals surface area contributed by atoms with Crippen molar-refractivity contribution in [2.75, 3.05) is 7.11 Å². The zero-order chi connectivity index (χ0) is 21.5. The number of hydrogen-bond acceptors (Lipinski definition) is 6. The van der Waals surface area contributed by atoms with Gasteiger partial charge in [-0.2, -0.15) is 4.98 Å². The first-order valence-electron chi connectivity index (χ1n) is 9.73. The van der Waals surface area contributed by atoms with Crippen molar-refractivity contribution in [1.29, 1.82) is 0 Å². The number of rotatable bonds is 8. The number of carbonyl (C=O) groups is 1. The fraction of sp³-hybridized carbons (Fsp3) is 0.125. The summed E-state index contributed by atoms with van der Waals surface area (Å²) >= 11 is 0. The van der Waals surface area contributed by atoms with Crippen molar-refractivity contribution >= 4 is 5.91 Å². The van der Waals surface area contributed by atoms with Gasteiger partial charge in [0.25, 0.3) is 5.91 Å². The lowest BCUT2D eigenvalue weighted by molar-refractivity contribution is 0.0945. The van der Waals surface area contributed by atoms with Gasteiger partial charge in [-0.15, -0.1) is 0 Å². The molecule has 3 aromatic carbocycles. The molecule has 0 bridgehead atoms. The first kappa shape index (κ1) is 20.2. The molecule has 0 saturated heterocycles. The molecule has 1 N–H and O–H groups in total. The van der Waals surface area contributed by atoms with Crippen LogP contribution in [0.2, 0.25) is 0 Å². The van der Waals surface area contributed by atoms with E-state index in [-0.39, 0.29) is 12.5 Å². The lowest BCUT2D eigenvalue weighted by Gasteiger charge is -2.08. The van der Waals surface area contributed by atoms with Crippen molar-refractivity contribution in [2.24, 2.45) is 0 Å². The van der Waals surface area contributed by atoms with E-state index in [4.69, 9.17) is 14.0 Å². The lowest BCUT2D eigenvalue weighted by Crippen LogP contribution is -2.22. The molecule has 1 aromatic heterocycles. The van der Waals surface area contributed by atoms with Gasteiger partial charge in [0.05, 0.1) is 13.7 Å². The number of amides is 1. The molecule has 7 nitrogen and oxygen atoms in total. The average Bonchev–Trinajstić information content (AvgIpc) is 3.31. The molecule has 1 heterocycles. The van der Waals surface area contributed by atoms with Crippen LogP contribution < -0.4 is 14.8 Å². The summed E-state index contributed by atoms with van der Waals surface area (Å²) < 4.78 is 16.2. The van der Waals surface area contributed by atoms with E-state index >= 15 is 0 Å². The van der Waals surface area contributed by atoms with Crippen LogP contribution in [0.5, 0.6) is 11.5 Å². The van der Waals surface area contributed by atoms with E-state index in [1.165, 1.54) is 0 Å². The van der Waals surface area contributed by atoms with Crippen LogP contribution in [-0.4, -0.2) is 23.2 Å². The molecule has 0 radical (unpaired) electrons. The van der Waals surface area contributed by atoms with E-state index in [1.54, 1.807) is 25.3 Å². The predicted octanol–water partition coefficient (Wildman–Crippen LogP) is 4.25. The Balaban J connectivity index is 1.35. The summed E-state index contributed by atoms with van der Waals surface area (Å²) in [7, 11) is 1.60. The largest absolute Gasteiger partial charge is 0.497 e. The number of carbonyl (C=O) groups excluding carboxylic acids is 1. The van der Waals surface area contributed by atoms with Crippen LogP contribution >= 0.6 is 0 Å². The van der Waals surface area contributed by atoms with Crippen molar-refractivity contribution in [3.05, 3.63) is 95.9 Å². The van der Waals surface area contributed by atoms with Gasteiger partial charge in [-0.25, -0.2) is 0 Å². The summed E-state index contributed by atoms with van der Waals surface area (Å²) in [4.78, 5) is 16.9. The number of ether oxygens (including phenoxy) is 2. The fourth-order valence-electron chi connectivity index (χ4n) is 2.93. The maximum Gasteiger partial charge on any atom is 0.251 e. The van der Waals surface area contributed by atoms with Gasteiger partial charge < -0.3 is 19.3 Å². The molecule has 31 heavy (non-hydrogen) atoms. The quantitative estimate of drug-likeness (QED) is 0.463. The number of methoxy groups -OCH3 is 1. The van der Waals surface area contributed by atoms with Crippen LogP contribution in [0.3, 0.4) is 0 Å². The summed E-state index contributed by atoms with van der Waals surface area (Å²) in [5, 5.41) is 6.75. The molecule has 0 fully saturated rings. The molecule has 0 saturated carbocycles. The molecule has 7 heteroatoms. The molecule has 4 rings (SSSR count). The second kappa shape index (κ2) is 9.58. The molecule has 4 aromatic rings. The van der Waals surface area contributed by atoms with Gasteiger partial charge >= 0.3 is 0 Å². The Hall–Kier alpha value is -4.13. The Bertz CT molecular complexity index is 1160. The van der Waals surface area contributed by atoms with Crippen molar-refractivity contribution in [1.82, 2.24) is 15.5 Å². The second-order valence-electron chi connectivity index (χ2n) is 6.73. The molecule has 0 unspecified atom stereocenters. The molecule has 156 valence electrons. The van der Waals surface area contributed by atoms with Gasteiger partial charge in [0, 0.05) is 11.1 Å². The van der Waals surface area contributed by atoms with E-state index in [0.29, 0.717) is 35.4 Å². The number of nitrogens with zero attached hydrogens (tertiary/aromatic N) is 2. The number of nitrogens with one attached hydrogen (secondary N) is 1. The first-order chi connectivity index (χ1) is 15.2. The van der Waals surface area contributed by atoms with Crippen LogP contribution in [0, 0.1) is 0 Å². The minimum atomic E-state index is -0.258. The normalized spacial score (nSPS) is 10.5. The van der Waals surface area contributed by atoms with Crippen LogP contribution in [0.4, 0.5) is 0 Å². The van der Waals surface area contributed by atoms with E-state index in [2.05, 4.69) is 15.5 Å². The van der Waals surface area contributed by atoms with E-state index in [0.717, 1.165) is 11.1 Å². The van der Waals surface area contributed by atoms with Crippen molar-refractivity contribution < 1.29 is 18.8 Å². The minimum Gasteiger partial charge on any atom is -0.497 e. The summed E-state index contributed by atoms with van der Waals surface area (Å²) in [6.07, 6.45) is 0. The Morgan fingerprint density at radius 1 is 0.968 bits per heavy atom. The van der Waals surface area contributed by atoms with Gasteiger partial charge in [0.15, 0.2) is 0 Å². The molecule has 0 aliphatic rings. The average molecular weight is 415 g/mol. The molecular formula is C24H21N3O4. The van der Waals surface area contributed by atoms with Gasteiger partial charge in [0.1, 0.15) is 18.1 Å². The Kier molecular flexibility index (Phi) is 6.23. The third kappa shape index (κ3) is 5.27. The third-order valence-corrected chi connectivity index (χ3v) is 4.54. The van der Waals surface area contributed by atoms with Crippen molar-refractivity contribution in [3.8, 4) is 22.9 Å². The monoisotopic (exact) mass is 415 g/mol.